The molecule has 6 nitrogen and oxygen atoms in total. The highest BCUT2D eigenvalue weighted by atomic mass is 35.5. The van der Waals surface area contributed by atoms with Crippen molar-refractivity contribution in [3.63, 3.8) is 0 Å². The Kier molecular flexibility index (Phi) is 6.67. The summed E-state index contributed by atoms with van der Waals surface area (Å²) in [7, 11) is 2.12. The SMILES string of the molecule is CN1CCN(c2ccc(NC(=O)C(=O)NCCCCl)cc2)CC1. The van der Waals surface area contributed by atoms with E-state index in [-0.39, 0.29) is 0 Å². The lowest BCUT2D eigenvalue weighted by Crippen LogP contribution is -2.44. The van der Waals surface area contributed by atoms with Gasteiger partial charge < -0.3 is 20.4 Å². The van der Waals surface area contributed by atoms with E-state index in [1.54, 1.807) is 0 Å². The zero-order valence-electron chi connectivity index (χ0n) is 13.3. The number of nitrogens with one attached hydrogen (secondary N) is 2. The fourth-order valence-corrected chi connectivity index (χ4v) is 2.49. The quantitative estimate of drug-likeness (QED) is 0.480. The zero-order valence-corrected chi connectivity index (χ0v) is 14.1. The summed E-state index contributed by atoms with van der Waals surface area (Å²) in [5.74, 6) is -0.847. The fraction of sp³-hybridized carbons (Fsp3) is 0.500. The van der Waals surface area contributed by atoms with Gasteiger partial charge in [0.25, 0.3) is 0 Å². The molecule has 1 aliphatic heterocycles. The molecule has 0 aromatic heterocycles. The molecule has 0 spiro atoms. The lowest BCUT2D eigenvalue weighted by atomic mass is 10.2. The van der Waals surface area contributed by atoms with Gasteiger partial charge in [-0.05, 0) is 37.7 Å². The van der Waals surface area contributed by atoms with Crippen molar-refractivity contribution in [2.75, 3.05) is 55.9 Å². The molecular formula is C16H23ClN4O2. The van der Waals surface area contributed by atoms with E-state index in [2.05, 4.69) is 27.5 Å². The molecule has 1 aromatic rings. The predicted molar refractivity (Wildman–Crippen MR) is 93.1 cm³/mol. The molecule has 0 atom stereocenters. The van der Waals surface area contributed by atoms with Crippen LogP contribution in [0.15, 0.2) is 24.3 Å². The van der Waals surface area contributed by atoms with Crippen LogP contribution in [0.2, 0.25) is 0 Å². The van der Waals surface area contributed by atoms with Crippen molar-refractivity contribution in [3.05, 3.63) is 24.3 Å². The minimum Gasteiger partial charge on any atom is -0.369 e. The first kappa shape index (κ1) is 17.6. The van der Waals surface area contributed by atoms with Gasteiger partial charge in [-0.1, -0.05) is 0 Å². The molecule has 0 radical (unpaired) electrons. The fourth-order valence-electron chi connectivity index (χ4n) is 2.36. The number of halogens is 1. The average molecular weight is 339 g/mol. The maximum atomic E-state index is 11.8. The smallest absolute Gasteiger partial charge is 0.313 e. The average Bonchev–Trinajstić information content (AvgIpc) is 2.56. The van der Waals surface area contributed by atoms with Crippen LogP contribution in [0.4, 0.5) is 11.4 Å². The second-order valence-electron chi connectivity index (χ2n) is 5.59. The lowest BCUT2D eigenvalue weighted by Gasteiger charge is -2.34. The molecule has 0 bridgehead atoms. The first-order valence-electron chi connectivity index (χ1n) is 7.79. The highest BCUT2D eigenvalue weighted by Gasteiger charge is 2.15. The highest BCUT2D eigenvalue weighted by molar-refractivity contribution is 6.39. The minimum atomic E-state index is -0.660. The number of benzene rings is 1. The summed E-state index contributed by atoms with van der Waals surface area (Å²) in [4.78, 5) is 28.0. The summed E-state index contributed by atoms with van der Waals surface area (Å²) in [5, 5.41) is 5.12. The highest BCUT2D eigenvalue weighted by Crippen LogP contribution is 2.19. The molecule has 1 heterocycles. The topological polar surface area (TPSA) is 64.7 Å². The van der Waals surface area contributed by atoms with Gasteiger partial charge in [-0.3, -0.25) is 9.59 Å². The number of alkyl halides is 1. The summed E-state index contributed by atoms with van der Waals surface area (Å²) >= 11 is 5.52. The van der Waals surface area contributed by atoms with Gasteiger partial charge in [-0.2, -0.15) is 0 Å². The van der Waals surface area contributed by atoms with Gasteiger partial charge in [0.15, 0.2) is 0 Å². The molecule has 2 rings (SSSR count). The van der Waals surface area contributed by atoms with E-state index < -0.39 is 11.8 Å². The number of rotatable bonds is 5. The van der Waals surface area contributed by atoms with Crippen molar-refractivity contribution in [1.29, 1.82) is 0 Å². The van der Waals surface area contributed by atoms with E-state index in [0.29, 0.717) is 24.5 Å². The molecule has 2 N–H and O–H groups in total. The second-order valence-corrected chi connectivity index (χ2v) is 5.97. The van der Waals surface area contributed by atoms with Gasteiger partial charge in [-0.25, -0.2) is 0 Å². The number of hydrogen-bond acceptors (Lipinski definition) is 4. The van der Waals surface area contributed by atoms with E-state index >= 15 is 0 Å². The predicted octanol–water partition coefficient (Wildman–Crippen LogP) is 1.12. The molecule has 1 aliphatic rings. The van der Waals surface area contributed by atoms with Crippen molar-refractivity contribution in [1.82, 2.24) is 10.2 Å². The molecule has 126 valence electrons. The van der Waals surface area contributed by atoms with Crippen LogP contribution in [-0.4, -0.2) is 62.4 Å². The third-order valence-corrected chi connectivity index (χ3v) is 4.06. The summed E-state index contributed by atoms with van der Waals surface area (Å²) in [5.41, 5.74) is 1.74. The Balaban J connectivity index is 1.84. The number of nitrogens with zero attached hydrogens (tertiary/aromatic N) is 2. The normalized spacial score (nSPS) is 15.3. The van der Waals surface area contributed by atoms with E-state index in [1.807, 2.05) is 24.3 Å². The van der Waals surface area contributed by atoms with Crippen molar-refractivity contribution >= 4 is 34.8 Å². The summed E-state index contributed by atoms with van der Waals surface area (Å²) in [6.45, 7) is 4.47. The summed E-state index contributed by atoms with van der Waals surface area (Å²) in [6.07, 6.45) is 0.639. The van der Waals surface area contributed by atoms with Crippen LogP contribution in [0.25, 0.3) is 0 Å². The van der Waals surface area contributed by atoms with Gasteiger partial charge in [0.2, 0.25) is 0 Å². The Bertz CT molecular complexity index is 527. The molecule has 0 saturated carbocycles. The van der Waals surface area contributed by atoms with Crippen LogP contribution in [-0.2, 0) is 9.59 Å². The van der Waals surface area contributed by atoms with E-state index in [1.165, 1.54) is 0 Å². The number of carbonyl (C=O) groups excluding carboxylic acids is 2. The van der Waals surface area contributed by atoms with Gasteiger partial charge in [-0.15, -0.1) is 11.6 Å². The third-order valence-electron chi connectivity index (χ3n) is 3.80. The van der Waals surface area contributed by atoms with Crippen molar-refractivity contribution in [2.24, 2.45) is 0 Å². The zero-order chi connectivity index (χ0) is 16.7. The summed E-state index contributed by atoms with van der Waals surface area (Å²) in [6, 6.07) is 7.56. The van der Waals surface area contributed by atoms with Crippen LogP contribution >= 0.6 is 11.6 Å². The van der Waals surface area contributed by atoms with Crippen LogP contribution < -0.4 is 15.5 Å². The molecule has 23 heavy (non-hydrogen) atoms. The monoisotopic (exact) mass is 338 g/mol. The molecular weight excluding hydrogens is 316 g/mol. The Morgan fingerprint density at radius 3 is 2.35 bits per heavy atom. The number of anilines is 2. The van der Waals surface area contributed by atoms with Gasteiger partial charge >= 0.3 is 11.8 Å². The molecule has 0 aliphatic carbocycles. The molecule has 0 unspecified atom stereocenters. The summed E-state index contributed by atoms with van der Waals surface area (Å²) < 4.78 is 0. The Labute approximate surface area is 141 Å². The first-order valence-corrected chi connectivity index (χ1v) is 8.32. The lowest BCUT2D eigenvalue weighted by molar-refractivity contribution is -0.136. The number of hydrogen-bond donors (Lipinski definition) is 2. The van der Waals surface area contributed by atoms with Gasteiger partial charge in [0, 0.05) is 50.0 Å². The first-order chi connectivity index (χ1) is 11.1. The molecule has 7 heteroatoms. The van der Waals surface area contributed by atoms with Crippen molar-refractivity contribution in [3.8, 4) is 0 Å². The number of piperazine rings is 1. The number of carbonyl (C=O) groups is 2. The van der Waals surface area contributed by atoms with Crippen molar-refractivity contribution < 1.29 is 9.59 Å². The minimum absolute atomic E-state index is 0.401. The maximum absolute atomic E-state index is 11.8. The van der Waals surface area contributed by atoms with Crippen LogP contribution in [0.3, 0.4) is 0 Å². The van der Waals surface area contributed by atoms with Crippen LogP contribution in [0, 0.1) is 0 Å². The number of amides is 2. The Morgan fingerprint density at radius 2 is 1.74 bits per heavy atom. The molecule has 1 aromatic carbocycles. The largest absolute Gasteiger partial charge is 0.369 e. The Morgan fingerprint density at radius 1 is 1.09 bits per heavy atom. The van der Waals surface area contributed by atoms with E-state index in [0.717, 1.165) is 31.9 Å². The molecule has 1 fully saturated rings. The van der Waals surface area contributed by atoms with Gasteiger partial charge in [0.05, 0.1) is 0 Å². The Hall–Kier alpha value is -1.79. The maximum Gasteiger partial charge on any atom is 0.313 e. The van der Waals surface area contributed by atoms with E-state index in [4.69, 9.17) is 11.6 Å². The third kappa shape index (κ3) is 5.41. The number of likely N-dealkylation sites (N-methyl/N-ethyl adjacent to an activating group) is 1. The standard InChI is InChI=1S/C16H23ClN4O2/c1-20-9-11-21(12-10-20)14-5-3-13(4-6-14)19-16(23)15(22)18-8-2-7-17/h3-6H,2,7-12H2,1H3,(H,18,22)(H,19,23). The van der Waals surface area contributed by atoms with Gasteiger partial charge in [0.1, 0.15) is 0 Å². The second kappa shape index (κ2) is 8.74. The van der Waals surface area contributed by atoms with Crippen LogP contribution in [0.5, 0.6) is 0 Å². The van der Waals surface area contributed by atoms with Crippen molar-refractivity contribution in [2.45, 2.75) is 6.42 Å². The molecule has 2 amide bonds. The van der Waals surface area contributed by atoms with Crippen LogP contribution in [0.1, 0.15) is 6.42 Å². The molecule has 1 saturated heterocycles. The van der Waals surface area contributed by atoms with E-state index in [9.17, 15) is 9.59 Å².